The number of amides is 1. The van der Waals surface area contributed by atoms with Gasteiger partial charge in [0, 0.05) is 25.2 Å². The third-order valence-corrected chi connectivity index (χ3v) is 3.44. The van der Waals surface area contributed by atoms with Crippen molar-refractivity contribution in [3.63, 3.8) is 0 Å². The highest BCUT2D eigenvalue weighted by Gasteiger charge is 2.34. The second kappa shape index (κ2) is 5.36. The Kier molecular flexibility index (Phi) is 4.05. The lowest BCUT2D eigenvalue weighted by Crippen LogP contribution is -2.51. The van der Waals surface area contributed by atoms with E-state index < -0.39 is 0 Å². The van der Waals surface area contributed by atoms with Crippen LogP contribution in [0.4, 0.5) is 0 Å². The minimum atomic E-state index is -0.202. The van der Waals surface area contributed by atoms with Gasteiger partial charge in [0.1, 0.15) is 0 Å². The van der Waals surface area contributed by atoms with Gasteiger partial charge in [-0.3, -0.25) is 9.69 Å². The summed E-state index contributed by atoms with van der Waals surface area (Å²) in [6, 6.07) is 1.06. The molecule has 1 amide bonds. The topological polar surface area (TPSA) is 58.4 Å². The van der Waals surface area contributed by atoms with Crippen LogP contribution in [0.3, 0.4) is 0 Å². The molecule has 0 spiro atoms. The van der Waals surface area contributed by atoms with Gasteiger partial charge in [-0.05, 0) is 31.6 Å². The number of nitrogens with two attached hydrogens (primary N) is 1. The van der Waals surface area contributed by atoms with Crippen molar-refractivity contribution in [1.29, 1.82) is 0 Å². The molecule has 17 heavy (non-hydrogen) atoms. The van der Waals surface area contributed by atoms with E-state index in [-0.39, 0.29) is 11.9 Å². The van der Waals surface area contributed by atoms with Crippen LogP contribution in [0.25, 0.3) is 0 Å². The number of hydrogen-bond donors (Lipinski definition) is 2. The van der Waals surface area contributed by atoms with Gasteiger partial charge in [-0.1, -0.05) is 13.8 Å². The maximum atomic E-state index is 11.5. The van der Waals surface area contributed by atoms with E-state index in [0.29, 0.717) is 18.0 Å². The van der Waals surface area contributed by atoms with Crippen molar-refractivity contribution in [2.45, 2.75) is 57.7 Å². The van der Waals surface area contributed by atoms with E-state index in [2.05, 4.69) is 24.1 Å². The van der Waals surface area contributed by atoms with E-state index in [0.717, 1.165) is 13.1 Å². The summed E-state index contributed by atoms with van der Waals surface area (Å²) in [6.45, 7) is 6.31. The zero-order chi connectivity index (χ0) is 12.4. The van der Waals surface area contributed by atoms with Crippen molar-refractivity contribution < 1.29 is 4.79 Å². The molecule has 2 rings (SSSR count). The maximum Gasteiger partial charge on any atom is 0.235 e. The Labute approximate surface area is 104 Å². The Morgan fingerprint density at radius 1 is 1.29 bits per heavy atom. The molecule has 3 N–H and O–H groups in total. The summed E-state index contributed by atoms with van der Waals surface area (Å²) in [6.07, 6.45) is 4.94. The number of nitrogens with one attached hydrogen (secondary N) is 1. The van der Waals surface area contributed by atoms with Crippen LogP contribution in [0.1, 0.15) is 39.5 Å². The number of carbonyl (C=O) groups excluding carboxylic acids is 1. The van der Waals surface area contributed by atoms with Gasteiger partial charge in [-0.25, -0.2) is 0 Å². The molecule has 4 nitrogen and oxygen atoms in total. The lowest BCUT2D eigenvalue weighted by molar-refractivity contribution is -0.120. The molecular weight excluding hydrogens is 214 g/mol. The molecular formula is C13H25N3O. The smallest absolute Gasteiger partial charge is 0.235 e. The average molecular weight is 239 g/mol. The van der Waals surface area contributed by atoms with E-state index in [4.69, 9.17) is 5.73 Å². The SMILES string of the molecule is CC(C)CN(CC(NC1CC1)C(N)=O)C1CC1. The van der Waals surface area contributed by atoms with Crippen molar-refractivity contribution in [2.75, 3.05) is 13.1 Å². The van der Waals surface area contributed by atoms with Crippen LogP contribution in [0.15, 0.2) is 0 Å². The van der Waals surface area contributed by atoms with Crippen LogP contribution in [0, 0.1) is 5.92 Å². The number of hydrogen-bond acceptors (Lipinski definition) is 3. The summed E-state index contributed by atoms with van der Waals surface area (Å²) in [5, 5.41) is 3.36. The first-order chi connectivity index (χ1) is 8.06. The Bertz CT molecular complexity index is 272. The standard InChI is InChI=1S/C13H25N3O/c1-9(2)7-16(11-5-6-11)8-12(13(14)17)15-10-3-4-10/h9-12,15H,3-8H2,1-2H3,(H2,14,17). The zero-order valence-corrected chi connectivity index (χ0v) is 11.0. The van der Waals surface area contributed by atoms with Crippen molar-refractivity contribution >= 4 is 5.91 Å². The van der Waals surface area contributed by atoms with Crippen LogP contribution in [-0.4, -0.2) is 42.0 Å². The highest BCUT2D eigenvalue weighted by Crippen LogP contribution is 2.28. The maximum absolute atomic E-state index is 11.5. The van der Waals surface area contributed by atoms with Gasteiger partial charge in [-0.15, -0.1) is 0 Å². The van der Waals surface area contributed by atoms with Gasteiger partial charge in [0.25, 0.3) is 0 Å². The molecule has 0 heterocycles. The molecule has 0 radical (unpaired) electrons. The van der Waals surface area contributed by atoms with Crippen molar-refractivity contribution in [2.24, 2.45) is 11.7 Å². The molecule has 98 valence electrons. The van der Waals surface area contributed by atoms with E-state index in [1.54, 1.807) is 0 Å². The predicted octanol–water partition coefficient (Wildman–Crippen LogP) is 0.713. The summed E-state index contributed by atoms with van der Waals surface area (Å²) in [4.78, 5) is 13.9. The molecule has 4 heteroatoms. The molecule has 0 aromatic carbocycles. The van der Waals surface area contributed by atoms with Gasteiger partial charge >= 0.3 is 0 Å². The monoisotopic (exact) mass is 239 g/mol. The van der Waals surface area contributed by atoms with Crippen molar-refractivity contribution in [3.8, 4) is 0 Å². The van der Waals surface area contributed by atoms with E-state index in [1.165, 1.54) is 25.7 Å². The molecule has 0 saturated heterocycles. The number of nitrogens with zero attached hydrogens (tertiary/aromatic N) is 1. The van der Waals surface area contributed by atoms with Crippen LogP contribution in [-0.2, 0) is 4.79 Å². The Balaban J connectivity index is 1.85. The Morgan fingerprint density at radius 3 is 2.35 bits per heavy atom. The van der Waals surface area contributed by atoms with E-state index in [1.807, 2.05) is 0 Å². The lowest BCUT2D eigenvalue weighted by atomic mass is 10.1. The van der Waals surface area contributed by atoms with Gasteiger partial charge in [0.05, 0.1) is 6.04 Å². The largest absolute Gasteiger partial charge is 0.368 e. The highest BCUT2D eigenvalue weighted by atomic mass is 16.1. The molecule has 2 aliphatic carbocycles. The summed E-state index contributed by atoms with van der Waals surface area (Å²) >= 11 is 0. The molecule has 1 unspecified atom stereocenters. The van der Waals surface area contributed by atoms with E-state index in [9.17, 15) is 4.79 Å². The van der Waals surface area contributed by atoms with Crippen LogP contribution in [0.5, 0.6) is 0 Å². The first-order valence-corrected chi connectivity index (χ1v) is 6.85. The normalized spacial score (nSPS) is 22.1. The van der Waals surface area contributed by atoms with Gasteiger partial charge in [-0.2, -0.15) is 0 Å². The molecule has 2 aliphatic rings. The number of rotatable bonds is 8. The van der Waals surface area contributed by atoms with Crippen LogP contribution >= 0.6 is 0 Å². The van der Waals surface area contributed by atoms with Crippen LogP contribution in [0.2, 0.25) is 0 Å². The van der Waals surface area contributed by atoms with Crippen molar-refractivity contribution in [3.05, 3.63) is 0 Å². The van der Waals surface area contributed by atoms with Gasteiger partial charge < -0.3 is 11.1 Å². The Morgan fingerprint density at radius 2 is 1.94 bits per heavy atom. The minimum Gasteiger partial charge on any atom is -0.368 e. The fraction of sp³-hybridized carbons (Fsp3) is 0.923. The highest BCUT2D eigenvalue weighted by molar-refractivity contribution is 5.80. The quantitative estimate of drug-likeness (QED) is 0.656. The first-order valence-electron chi connectivity index (χ1n) is 6.85. The van der Waals surface area contributed by atoms with E-state index >= 15 is 0 Å². The summed E-state index contributed by atoms with van der Waals surface area (Å²) in [5.74, 6) is 0.441. The minimum absolute atomic E-state index is 0.165. The van der Waals surface area contributed by atoms with Crippen molar-refractivity contribution in [1.82, 2.24) is 10.2 Å². The third kappa shape index (κ3) is 4.28. The average Bonchev–Trinajstić information content (AvgIpc) is 3.09. The Hall–Kier alpha value is -0.610. The third-order valence-electron chi connectivity index (χ3n) is 3.44. The second-order valence-corrected chi connectivity index (χ2v) is 5.97. The van der Waals surface area contributed by atoms with Gasteiger partial charge in [0.2, 0.25) is 5.91 Å². The number of carbonyl (C=O) groups is 1. The van der Waals surface area contributed by atoms with Crippen LogP contribution < -0.4 is 11.1 Å². The molecule has 1 atom stereocenters. The summed E-state index contributed by atoms with van der Waals surface area (Å²) in [7, 11) is 0. The lowest BCUT2D eigenvalue weighted by Gasteiger charge is -2.28. The van der Waals surface area contributed by atoms with Gasteiger partial charge in [0.15, 0.2) is 0 Å². The molecule has 0 bridgehead atoms. The summed E-state index contributed by atoms with van der Waals surface area (Å²) in [5.41, 5.74) is 5.48. The molecule has 0 aliphatic heterocycles. The second-order valence-electron chi connectivity index (χ2n) is 5.97. The fourth-order valence-electron chi connectivity index (χ4n) is 2.28. The predicted molar refractivity (Wildman–Crippen MR) is 68.6 cm³/mol. The zero-order valence-electron chi connectivity index (χ0n) is 11.0. The molecule has 2 fully saturated rings. The number of primary amides is 1. The summed E-state index contributed by atoms with van der Waals surface area (Å²) < 4.78 is 0. The molecule has 0 aromatic rings. The first kappa shape index (κ1) is 12.8. The molecule has 2 saturated carbocycles. The molecule has 0 aromatic heterocycles. The fourth-order valence-corrected chi connectivity index (χ4v) is 2.28.